The van der Waals surface area contributed by atoms with Crippen molar-refractivity contribution in [3.63, 3.8) is 0 Å². The molecule has 1 unspecified atom stereocenters. The van der Waals surface area contributed by atoms with E-state index in [9.17, 15) is 4.79 Å². The summed E-state index contributed by atoms with van der Waals surface area (Å²) in [5, 5.41) is 8.20. The molecule has 4 heterocycles. The average molecular weight is 340 g/mol. The second-order valence-corrected chi connectivity index (χ2v) is 7.53. The zero-order valence-electron chi connectivity index (χ0n) is 14.4. The van der Waals surface area contributed by atoms with E-state index in [2.05, 4.69) is 30.5 Å². The van der Waals surface area contributed by atoms with Crippen molar-refractivity contribution < 1.29 is 4.79 Å². The van der Waals surface area contributed by atoms with Gasteiger partial charge in [0.1, 0.15) is 5.69 Å². The summed E-state index contributed by atoms with van der Waals surface area (Å²) in [6.45, 7) is 4.59. The molecular formula is C18H24N6O. The van der Waals surface area contributed by atoms with E-state index in [0.29, 0.717) is 24.3 Å². The molecule has 1 atom stereocenters. The number of aromatic nitrogens is 4. The number of imidazole rings is 1. The summed E-state index contributed by atoms with van der Waals surface area (Å²) in [5.41, 5.74) is 2.16. The molecule has 7 nitrogen and oxygen atoms in total. The molecule has 1 saturated carbocycles. The lowest BCUT2D eigenvalue weighted by atomic mass is 10.1. The quantitative estimate of drug-likeness (QED) is 0.910. The average Bonchev–Trinajstić information content (AvgIpc) is 3.14. The second kappa shape index (κ2) is 5.98. The van der Waals surface area contributed by atoms with Crippen LogP contribution >= 0.6 is 0 Å². The predicted octanol–water partition coefficient (Wildman–Crippen LogP) is 1.25. The Bertz CT molecular complexity index is 766. The number of likely N-dealkylation sites (tertiary alicyclic amines) is 1. The van der Waals surface area contributed by atoms with Crippen LogP contribution in [0.5, 0.6) is 0 Å². The van der Waals surface area contributed by atoms with Crippen molar-refractivity contribution in [1.29, 1.82) is 0 Å². The molecule has 1 aliphatic carbocycles. The van der Waals surface area contributed by atoms with Crippen molar-refractivity contribution in [3.8, 4) is 11.5 Å². The molecular weight excluding hydrogens is 316 g/mol. The molecule has 5 rings (SSSR count). The summed E-state index contributed by atoms with van der Waals surface area (Å²) in [4.78, 5) is 18.8. The summed E-state index contributed by atoms with van der Waals surface area (Å²) in [6, 6.07) is 2.67. The van der Waals surface area contributed by atoms with Crippen LogP contribution < -0.4 is 5.32 Å². The van der Waals surface area contributed by atoms with E-state index < -0.39 is 0 Å². The van der Waals surface area contributed by atoms with E-state index in [1.54, 1.807) is 0 Å². The van der Waals surface area contributed by atoms with Gasteiger partial charge in [0.2, 0.25) is 5.91 Å². The molecule has 7 heteroatoms. The Morgan fingerprint density at radius 3 is 3.12 bits per heavy atom. The Balaban J connectivity index is 1.35. The number of amides is 1. The third kappa shape index (κ3) is 2.86. The van der Waals surface area contributed by atoms with E-state index in [4.69, 9.17) is 5.10 Å². The molecule has 132 valence electrons. The predicted molar refractivity (Wildman–Crippen MR) is 92.6 cm³/mol. The molecule has 2 fully saturated rings. The Labute approximate surface area is 147 Å². The first-order valence-electron chi connectivity index (χ1n) is 9.36. The summed E-state index contributed by atoms with van der Waals surface area (Å²) >= 11 is 0. The molecule has 2 aromatic heterocycles. The van der Waals surface area contributed by atoms with E-state index >= 15 is 0 Å². The van der Waals surface area contributed by atoms with Gasteiger partial charge in [-0.05, 0) is 31.9 Å². The van der Waals surface area contributed by atoms with Gasteiger partial charge in [0.15, 0.2) is 5.82 Å². The SMILES string of the molecule is O=C1CC(Cn2ccnc2-c2cc3n(n2)CCCNC3)CN1C1CC1. The molecule has 0 spiro atoms. The first-order chi connectivity index (χ1) is 12.3. The zero-order chi connectivity index (χ0) is 16.8. The highest BCUT2D eigenvalue weighted by atomic mass is 16.2. The first-order valence-corrected chi connectivity index (χ1v) is 9.36. The van der Waals surface area contributed by atoms with Crippen LogP contribution in [-0.2, 0) is 24.4 Å². The topological polar surface area (TPSA) is 68.0 Å². The molecule has 1 amide bonds. The monoisotopic (exact) mass is 340 g/mol. The normalized spacial score (nSPS) is 23.8. The lowest BCUT2D eigenvalue weighted by Crippen LogP contribution is -2.27. The molecule has 2 aromatic rings. The number of nitrogens with one attached hydrogen (secondary N) is 1. The van der Waals surface area contributed by atoms with Gasteiger partial charge in [0.25, 0.3) is 0 Å². The fourth-order valence-electron chi connectivity index (χ4n) is 4.11. The molecule has 3 aliphatic rings. The molecule has 25 heavy (non-hydrogen) atoms. The maximum atomic E-state index is 12.2. The highest BCUT2D eigenvalue weighted by Crippen LogP contribution is 2.33. The smallest absolute Gasteiger partial charge is 0.223 e. The minimum atomic E-state index is 0.328. The van der Waals surface area contributed by atoms with Crippen LogP contribution in [0.3, 0.4) is 0 Å². The van der Waals surface area contributed by atoms with Gasteiger partial charge >= 0.3 is 0 Å². The number of hydrogen-bond acceptors (Lipinski definition) is 4. The van der Waals surface area contributed by atoms with Crippen molar-refractivity contribution in [1.82, 2.24) is 29.5 Å². The lowest BCUT2D eigenvalue weighted by molar-refractivity contribution is -0.128. The van der Waals surface area contributed by atoms with Crippen molar-refractivity contribution in [2.75, 3.05) is 13.1 Å². The largest absolute Gasteiger partial charge is 0.339 e. The van der Waals surface area contributed by atoms with Crippen LogP contribution in [0.15, 0.2) is 18.5 Å². The van der Waals surface area contributed by atoms with Crippen LogP contribution in [0.25, 0.3) is 11.5 Å². The minimum Gasteiger partial charge on any atom is -0.339 e. The maximum Gasteiger partial charge on any atom is 0.223 e. The van der Waals surface area contributed by atoms with Gasteiger partial charge < -0.3 is 14.8 Å². The van der Waals surface area contributed by atoms with Crippen LogP contribution in [-0.4, -0.2) is 49.3 Å². The molecule has 2 aliphatic heterocycles. The fourth-order valence-corrected chi connectivity index (χ4v) is 4.11. The number of nitrogens with zero attached hydrogens (tertiary/aromatic N) is 5. The van der Waals surface area contributed by atoms with E-state index in [0.717, 1.165) is 50.7 Å². The maximum absolute atomic E-state index is 12.2. The van der Waals surface area contributed by atoms with Gasteiger partial charge in [-0.1, -0.05) is 0 Å². The van der Waals surface area contributed by atoms with Gasteiger partial charge in [-0.25, -0.2) is 4.98 Å². The summed E-state index contributed by atoms with van der Waals surface area (Å²) in [5.74, 6) is 1.62. The lowest BCUT2D eigenvalue weighted by Gasteiger charge is -2.16. The van der Waals surface area contributed by atoms with Gasteiger partial charge in [-0.3, -0.25) is 9.48 Å². The van der Waals surface area contributed by atoms with Crippen LogP contribution in [0.2, 0.25) is 0 Å². The van der Waals surface area contributed by atoms with E-state index in [-0.39, 0.29) is 0 Å². The van der Waals surface area contributed by atoms with Crippen molar-refractivity contribution in [2.24, 2.45) is 5.92 Å². The number of carbonyl (C=O) groups is 1. The highest BCUT2D eigenvalue weighted by Gasteiger charge is 2.39. The summed E-state index contributed by atoms with van der Waals surface area (Å²) < 4.78 is 4.27. The third-order valence-electron chi connectivity index (χ3n) is 5.52. The van der Waals surface area contributed by atoms with Crippen LogP contribution in [0, 0.1) is 5.92 Å². The number of hydrogen-bond donors (Lipinski definition) is 1. The van der Waals surface area contributed by atoms with Gasteiger partial charge in [-0.2, -0.15) is 5.10 Å². The third-order valence-corrected chi connectivity index (χ3v) is 5.52. The summed E-state index contributed by atoms with van der Waals surface area (Å²) in [7, 11) is 0. The van der Waals surface area contributed by atoms with Gasteiger partial charge in [0.05, 0.1) is 5.69 Å². The molecule has 0 radical (unpaired) electrons. The van der Waals surface area contributed by atoms with E-state index in [1.165, 1.54) is 18.5 Å². The molecule has 1 N–H and O–H groups in total. The van der Waals surface area contributed by atoms with Crippen molar-refractivity contribution in [3.05, 3.63) is 24.2 Å². The first kappa shape index (κ1) is 15.1. The Kier molecular flexibility index (Phi) is 3.62. The zero-order valence-corrected chi connectivity index (χ0v) is 14.4. The number of aryl methyl sites for hydroxylation is 1. The van der Waals surface area contributed by atoms with E-state index in [1.807, 2.05) is 12.4 Å². The molecule has 0 aromatic carbocycles. The Morgan fingerprint density at radius 2 is 2.24 bits per heavy atom. The van der Waals surface area contributed by atoms with Gasteiger partial charge in [0, 0.05) is 57.0 Å². The Hall–Kier alpha value is -2.15. The number of carbonyl (C=O) groups excluding carboxylic acids is 1. The minimum absolute atomic E-state index is 0.328. The van der Waals surface area contributed by atoms with Crippen LogP contribution in [0.4, 0.5) is 0 Å². The number of rotatable bonds is 4. The number of fused-ring (bicyclic) bond motifs is 1. The van der Waals surface area contributed by atoms with Crippen molar-refractivity contribution >= 4 is 5.91 Å². The standard InChI is InChI=1S/C18H24N6O/c25-17-8-13(12-23(17)14-2-3-14)11-22-7-5-20-18(22)16-9-15-10-19-4-1-6-24(15)21-16/h5,7,9,13-14,19H,1-4,6,8,10-12H2. The van der Waals surface area contributed by atoms with Crippen molar-refractivity contribution in [2.45, 2.75) is 51.4 Å². The summed E-state index contributed by atoms with van der Waals surface area (Å²) in [6.07, 6.45) is 7.99. The fraction of sp³-hybridized carbons (Fsp3) is 0.611. The molecule has 1 saturated heterocycles. The second-order valence-electron chi connectivity index (χ2n) is 7.53. The Morgan fingerprint density at radius 1 is 1.32 bits per heavy atom. The highest BCUT2D eigenvalue weighted by molar-refractivity contribution is 5.79. The van der Waals surface area contributed by atoms with Crippen LogP contribution in [0.1, 0.15) is 31.4 Å². The van der Waals surface area contributed by atoms with Gasteiger partial charge in [-0.15, -0.1) is 0 Å². The molecule has 0 bridgehead atoms.